The number of rotatable bonds is 23. The minimum absolute atomic E-state index is 0.0239. The number of carbonyl (C=O) groups excluding carboxylic acids is 1. The predicted molar refractivity (Wildman–Crippen MR) is 211 cm³/mol. The summed E-state index contributed by atoms with van der Waals surface area (Å²) in [6, 6.07) is 6.01. The van der Waals surface area contributed by atoms with E-state index in [2.05, 4.69) is 59.0 Å². The number of unbranched alkanes of at least 4 members (excludes halogenated alkanes) is 3. The van der Waals surface area contributed by atoms with Gasteiger partial charge in [0.15, 0.2) is 0 Å². The maximum atomic E-state index is 12.7. The number of amidine groups is 1. The molecule has 0 saturated carbocycles. The van der Waals surface area contributed by atoms with E-state index in [9.17, 15) is 19.2 Å². The number of nitrogens with one attached hydrogen (secondary N) is 3. The summed E-state index contributed by atoms with van der Waals surface area (Å²) in [6.45, 7) is 17.7. The van der Waals surface area contributed by atoms with Crippen LogP contribution in [0.1, 0.15) is 124 Å². The first-order valence-corrected chi connectivity index (χ1v) is 23.0. The number of benzene rings is 1. The van der Waals surface area contributed by atoms with Crippen molar-refractivity contribution in [2.75, 3.05) is 39.3 Å². The van der Waals surface area contributed by atoms with E-state index in [0.29, 0.717) is 25.5 Å². The van der Waals surface area contributed by atoms with Crippen LogP contribution in [0, 0.1) is 29.2 Å². The number of aliphatic carboxylic acids is 3. The minimum Gasteiger partial charge on any atom is -0.480 e. The molecule has 1 amide bonds. The molecule has 1 unspecified atom stereocenters. The summed E-state index contributed by atoms with van der Waals surface area (Å²) < 4.78 is 0. The first-order valence-electron chi connectivity index (χ1n) is 18.7. The normalized spacial score (nSPS) is 12.0. The van der Waals surface area contributed by atoms with Crippen molar-refractivity contribution in [1.29, 1.82) is 0 Å². The van der Waals surface area contributed by atoms with Gasteiger partial charge in [0.05, 0.1) is 0 Å². The zero-order valence-electron chi connectivity index (χ0n) is 33.0. The second-order valence-electron chi connectivity index (χ2n) is 12.4. The zero-order valence-corrected chi connectivity index (χ0v) is 36.7. The molecule has 1 aromatic carbocycles. The monoisotopic (exact) mass is 962 g/mol. The summed E-state index contributed by atoms with van der Waals surface area (Å²) >= 11 is 1.58. The van der Waals surface area contributed by atoms with E-state index in [1.807, 2.05) is 30.0 Å². The molecule has 0 aliphatic carbocycles. The van der Waals surface area contributed by atoms with Crippen molar-refractivity contribution in [3.63, 3.8) is 0 Å². The minimum atomic E-state index is -0.826. The van der Waals surface area contributed by atoms with Crippen molar-refractivity contribution in [1.82, 2.24) is 26.0 Å². The van der Waals surface area contributed by atoms with Crippen LogP contribution in [0.5, 0.6) is 0 Å². The van der Waals surface area contributed by atoms with Gasteiger partial charge in [0, 0.05) is 12.8 Å². The van der Waals surface area contributed by atoms with E-state index in [1.165, 1.54) is 44.9 Å². The van der Waals surface area contributed by atoms with Crippen LogP contribution < -0.4 is 16.2 Å². The second-order valence-corrected chi connectivity index (χ2v) is 14.8. The van der Waals surface area contributed by atoms with E-state index in [1.54, 1.807) is 45.6 Å². The maximum absolute atomic E-state index is 12.7. The number of carbonyl (C=O) groups is 4. The smallest absolute Gasteiger partial charge is 0.480 e. The number of nitrogens with zero attached hydrogens (tertiary/aromatic N) is 4. The number of hydrazone groups is 2. The molecule has 14 nitrogen and oxygen atoms in total. The van der Waals surface area contributed by atoms with Crippen LogP contribution in [-0.4, -0.2) is 100 Å². The molecule has 1 heterocycles. The number of hydrogen-bond acceptors (Lipinski definition) is 11. The van der Waals surface area contributed by atoms with Gasteiger partial charge in [-0.1, -0.05) is 80.1 Å². The van der Waals surface area contributed by atoms with Gasteiger partial charge in [0.2, 0.25) is 0 Å². The van der Waals surface area contributed by atoms with E-state index in [4.69, 9.17) is 15.3 Å². The molecule has 53 heavy (non-hydrogen) atoms. The molecule has 16 heteroatoms. The van der Waals surface area contributed by atoms with Crippen molar-refractivity contribution in [3.05, 3.63) is 29.3 Å². The van der Waals surface area contributed by atoms with E-state index >= 15 is 0 Å². The molecule has 1 aliphatic heterocycles. The Morgan fingerprint density at radius 3 is 1.87 bits per heavy atom. The third kappa shape index (κ3) is 30.2. The Bertz CT molecular complexity index is 1210. The third-order valence-corrected chi connectivity index (χ3v) is 10.3. The van der Waals surface area contributed by atoms with Gasteiger partial charge in [-0.15, -0.1) is 0 Å². The number of carboxylic acids is 3. The number of hydrogen-bond donors (Lipinski definition) is 6. The Balaban J connectivity index is 0. The molecule has 304 valence electrons. The Hall–Kier alpha value is -2.81. The summed E-state index contributed by atoms with van der Waals surface area (Å²) in [5.41, 5.74) is 7.49. The molecule has 1 aromatic rings. The molecule has 0 fully saturated rings. The molecular formula is C37H66AtN7O7S. The average molecular weight is 963 g/mol. The second kappa shape index (κ2) is 34.9. The fraction of sp³-hybridized carbons (Fsp3) is 0.676. The molecule has 0 aromatic heterocycles. The first-order chi connectivity index (χ1) is 25.3. The van der Waals surface area contributed by atoms with Gasteiger partial charge in [-0.25, -0.2) is 0 Å². The fourth-order valence-corrected chi connectivity index (χ4v) is 6.64. The summed E-state index contributed by atoms with van der Waals surface area (Å²) in [7, 11) is 1.68. The van der Waals surface area contributed by atoms with E-state index in [-0.39, 0.29) is 31.8 Å². The van der Waals surface area contributed by atoms with Crippen LogP contribution in [0.15, 0.2) is 33.3 Å². The van der Waals surface area contributed by atoms with Crippen LogP contribution in [0.4, 0.5) is 0 Å². The van der Waals surface area contributed by atoms with Crippen LogP contribution in [0.25, 0.3) is 0 Å². The van der Waals surface area contributed by atoms with Gasteiger partial charge in [-0.05, 0) is 12.3 Å². The van der Waals surface area contributed by atoms with Gasteiger partial charge in [0.1, 0.15) is 0 Å². The van der Waals surface area contributed by atoms with Gasteiger partial charge >= 0.3 is 202 Å². The predicted octanol–water partition coefficient (Wildman–Crippen LogP) is 6.13. The summed E-state index contributed by atoms with van der Waals surface area (Å²) in [5, 5.41) is 35.7. The quantitative estimate of drug-likeness (QED) is 0.0688. The summed E-state index contributed by atoms with van der Waals surface area (Å²) in [4.78, 5) is 47.6. The molecule has 2 rings (SSSR count). The summed E-state index contributed by atoms with van der Waals surface area (Å²) in [5.74, 6) is -0.791. The van der Waals surface area contributed by atoms with E-state index in [0.717, 1.165) is 47.9 Å². The van der Waals surface area contributed by atoms with Crippen LogP contribution in [0.2, 0.25) is 0 Å². The van der Waals surface area contributed by atoms with Crippen LogP contribution in [-0.2, 0) is 25.7 Å². The number of carboxylic acid groups (broad SMARTS) is 3. The molecule has 1 aliphatic rings. The molecule has 6 N–H and O–H groups in total. The Labute approximate surface area is 335 Å². The van der Waals surface area contributed by atoms with Crippen molar-refractivity contribution in [2.24, 2.45) is 16.1 Å². The van der Waals surface area contributed by atoms with Gasteiger partial charge < -0.3 is 15.3 Å². The zero-order chi connectivity index (χ0) is 40.4. The van der Waals surface area contributed by atoms with Gasteiger partial charge in [0.25, 0.3) is 0 Å². The summed E-state index contributed by atoms with van der Waals surface area (Å²) in [6.07, 6.45) is 12.2. The van der Waals surface area contributed by atoms with Crippen molar-refractivity contribution in [3.8, 4) is 0 Å². The van der Waals surface area contributed by atoms with E-state index < -0.39 is 17.9 Å². The third-order valence-electron chi connectivity index (χ3n) is 7.75. The number of amides is 1. The topological polar surface area (TPSA) is 196 Å². The van der Waals surface area contributed by atoms with Crippen molar-refractivity contribution >= 4 is 44.5 Å². The molecule has 1 atom stereocenters. The fourth-order valence-electron chi connectivity index (χ4n) is 4.53. The van der Waals surface area contributed by atoms with Gasteiger partial charge in [-0.2, -0.15) is 0 Å². The van der Waals surface area contributed by atoms with Crippen molar-refractivity contribution in [2.45, 2.75) is 124 Å². The van der Waals surface area contributed by atoms with Crippen molar-refractivity contribution < 1.29 is 57.8 Å². The van der Waals surface area contributed by atoms with Crippen LogP contribution in [0.3, 0.4) is 0 Å². The van der Waals surface area contributed by atoms with Crippen LogP contribution >= 0.6 is 8.52 Å². The Kier molecular flexibility index (Phi) is 34.5. The Morgan fingerprint density at radius 2 is 1.42 bits per heavy atom. The van der Waals surface area contributed by atoms with Gasteiger partial charge in [-0.3, -0.25) is 14.4 Å². The average Bonchev–Trinajstić information content (AvgIpc) is 3.15. The molecule has 0 bridgehead atoms. The molecule has 0 saturated heterocycles. The first kappa shape index (κ1) is 52.3. The molecular weight excluding hydrogens is 897 g/mol. The standard InChI is InChI=1S/C21H32AtN7O3S.C10H22.2C3H6O2/c1-3-7-28(9-10-29(8-4-2)14-20(31)32)13-19(30)23-12-17-11-16(5-6-18(17)33-22)21-26-24-15-25-27-21;1-4-6-7-8-9-10(3)5-2;2*1-2-3(4)5/h5-6,11,15H,3-4,7-10,12-14H2,1-2H3,(H,23,30)(H,24,25)(H,26,27)(H,31,32);10H,4-9H2,1-3H3;2*2H2,1H3,(H,4,5). The molecule has 0 radical (unpaired) electrons. The Morgan fingerprint density at radius 1 is 0.830 bits per heavy atom. The SMILES string of the molecule is CCC(=O)O.CCC(=O)O.CCCCCCC(C)CC.CCCN(CCN(CCC)CC(=O)NCc1cc(C2=NNC=NN2)ccc1S[At])CC(=O)O. The molecule has 0 spiro atoms.